The smallest absolute Gasteiger partial charge is 0.258 e. The molecule has 2 rings (SSSR count). The van der Waals surface area contributed by atoms with Gasteiger partial charge in [0.1, 0.15) is 0 Å². The maximum Gasteiger partial charge on any atom is 0.258 e. The zero-order valence-electron chi connectivity index (χ0n) is 13.7. The summed E-state index contributed by atoms with van der Waals surface area (Å²) in [6.45, 7) is 18.3. The standard InChI is InChI=1S/C18H27N3/c1-13(2)11-21(12-14(3)4)17-7-6-15(10-16(17)19)18(20-5)8-9-18/h6-7,10,13-14H,8-9,11-12,19H2,1-4H3. The third-order valence-corrected chi connectivity index (χ3v) is 4.01. The summed E-state index contributed by atoms with van der Waals surface area (Å²) < 4.78 is 0. The molecule has 0 saturated heterocycles. The third-order valence-electron chi connectivity index (χ3n) is 4.01. The SMILES string of the molecule is [C-]#[N+]C1(c2ccc(N(CC(C)C)CC(C)C)c(N)c2)CC1. The minimum atomic E-state index is -0.270. The highest BCUT2D eigenvalue weighted by Gasteiger charge is 2.52. The molecule has 3 heteroatoms. The Kier molecular flexibility index (Phi) is 4.46. The van der Waals surface area contributed by atoms with Crippen LogP contribution in [0.25, 0.3) is 4.85 Å². The molecule has 1 aromatic rings. The van der Waals surface area contributed by atoms with Crippen LogP contribution in [0.4, 0.5) is 11.4 Å². The number of nitrogens with zero attached hydrogens (tertiary/aromatic N) is 2. The molecule has 1 fully saturated rings. The maximum absolute atomic E-state index is 7.37. The first-order valence-corrected chi connectivity index (χ1v) is 7.91. The molecule has 0 unspecified atom stereocenters. The van der Waals surface area contributed by atoms with Gasteiger partial charge in [0.25, 0.3) is 5.54 Å². The number of anilines is 2. The fraction of sp³-hybridized carbons (Fsp3) is 0.611. The van der Waals surface area contributed by atoms with Crippen molar-refractivity contribution >= 4 is 11.4 Å². The van der Waals surface area contributed by atoms with Crippen LogP contribution >= 0.6 is 0 Å². The number of nitrogen functional groups attached to an aromatic ring is 1. The molecule has 0 radical (unpaired) electrons. The molecule has 1 aliphatic carbocycles. The van der Waals surface area contributed by atoms with E-state index in [-0.39, 0.29) is 5.54 Å². The molecule has 0 spiro atoms. The number of rotatable bonds is 6. The van der Waals surface area contributed by atoms with Crippen molar-refractivity contribution in [3.8, 4) is 0 Å². The van der Waals surface area contributed by atoms with Gasteiger partial charge in [-0.25, -0.2) is 6.57 Å². The molecule has 2 N–H and O–H groups in total. The molecule has 1 aliphatic rings. The predicted octanol–water partition coefficient (Wildman–Crippen LogP) is 4.30. The van der Waals surface area contributed by atoms with Gasteiger partial charge in [0, 0.05) is 31.5 Å². The van der Waals surface area contributed by atoms with E-state index in [2.05, 4.69) is 49.6 Å². The van der Waals surface area contributed by atoms with Crippen LogP contribution in [-0.4, -0.2) is 13.1 Å². The second kappa shape index (κ2) is 5.97. The Morgan fingerprint density at radius 2 is 1.76 bits per heavy atom. The third kappa shape index (κ3) is 3.50. The fourth-order valence-corrected chi connectivity index (χ4v) is 2.87. The summed E-state index contributed by atoms with van der Waals surface area (Å²) in [5.74, 6) is 1.20. The quantitative estimate of drug-likeness (QED) is 0.624. The van der Waals surface area contributed by atoms with Gasteiger partial charge in [-0.3, -0.25) is 0 Å². The summed E-state index contributed by atoms with van der Waals surface area (Å²) in [4.78, 5) is 6.18. The van der Waals surface area contributed by atoms with E-state index in [9.17, 15) is 0 Å². The number of hydrogen-bond acceptors (Lipinski definition) is 2. The van der Waals surface area contributed by atoms with Crippen molar-refractivity contribution in [1.29, 1.82) is 0 Å². The van der Waals surface area contributed by atoms with E-state index in [0.717, 1.165) is 42.9 Å². The predicted molar refractivity (Wildman–Crippen MR) is 90.3 cm³/mol. The van der Waals surface area contributed by atoms with Gasteiger partial charge in [-0.2, -0.15) is 0 Å². The lowest BCUT2D eigenvalue weighted by Crippen LogP contribution is -2.32. The van der Waals surface area contributed by atoms with E-state index in [1.54, 1.807) is 0 Å². The lowest BCUT2D eigenvalue weighted by molar-refractivity contribution is 0.553. The Bertz CT molecular complexity index is 526. The molecule has 0 heterocycles. The van der Waals surface area contributed by atoms with Gasteiger partial charge < -0.3 is 15.5 Å². The second-order valence-corrected chi connectivity index (χ2v) is 7.11. The normalized spacial score (nSPS) is 16.0. The van der Waals surface area contributed by atoms with Crippen LogP contribution in [0, 0.1) is 18.4 Å². The topological polar surface area (TPSA) is 33.6 Å². The molecule has 0 bridgehead atoms. The Morgan fingerprint density at radius 1 is 1.19 bits per heavy atom. The summed E-state index contributed by atoms with van der Waals surface area (Å²) in [5, 5.41) is 0. The van der Waals surface area contributed by atoms with Gasteiger partial charge in [-0.05, 0) is 30.0 Å². The summed E-state index contributed by atoms with van der Waals surface area (Å²) in [6, 6.07) is 6.24. The van der Waals surface area contributed by atoms with Gasteiger partial charge >= 0.3 is 0 Å². The lowest BCUT2D eigenvalue weighted by Gasteiger charge is -2.30. The van der Waals surface area contributed by atoms with Crippen molar-refractivity contribution in [3.63, 3.8) is 0 Å². The number of hydrogen-bond donors (Lipinski definition) is 1. The molecule has 1 aromatic carbocycles. The average molecular weight is 285 g/mol. The lowest BCUT2D eigenvalue weighted by atomic mass is 10.0. The summed E-state index contributed by atoms with van der Waals surface area (Å²) in [6.07, 6.45) is 1.94. The Hall–Kier alpha value is -1.69. The van der Waals surface area contributed by atoms with Gasteiger partial charge in [0.05, 0.1) is 11.4 Å². The van der Waals surface area contributed by atoms with Gasteiger partial charge in [-0.1, -0.05) is 27.7 Å². The van der Waals surface area contributed by atoms with Crippen LogP contribution in [0.5, 0.6) is 0 Å². The van der Waals surface area contributed by atoms with E-state index in [0.29, 0.717) is 11.8 Å². The van der Waals surface area contributed by atoms with Crippen LogP contribution in [0.3, 0.4) is 0 Å². The Morgan fingerprint density at radius 3 is 2.14 bits per heavy atom. The molecule has 0 amide bonds. The van der Waals surface area contributed by atoms with Crippen molar-refractivity contribution < 1.29 is 0 Å². The van der Waals surface area contributed by atoms with E-state index < -0.39 is 0 Å². The van der Waals surface area contributed by atoms with Gasteiger partial charge in [0.15, 0.2) is 0 Å². The highest BCUT2D eigenvalue weighted by Crippen LogP contribution is 2.50. The summed E-state index contributed by atoms with van der Waals surface area (Å²) >= 11 is 0. The van der Waals surface area contributed by atoms with Crippen LogP contribution < -0.4 is 10.6 Å². The molecule has 21 heavy (non-hydrogen) atoms. The van der Waals surface area contributed by atoms with E-state index in [4.69, 9.17) is 12.3 Å². The second-order valence-electron chi connectivity index (χ2n) is 7.11. The Labute approximate surface area is 129 Å². The summed E-state index contributed by atoms with van der Waals surface area (Å²) in [5.41, 5.74) is 9.05. The maximum atomic E-state index is 7.37. The van der Waals surface area contributed by atoms with Crippen LogP contribution in [-0.2, 0) is 5.54 Å². The van der Waals surface area contributed by atoms with Crippen molar-refractivity contribution in [1.82, 2.24) is 0 Å². The molecular formula is C18H27N3. The van der Waals surface area contributed by atoms with Crippen LogP contribution in [0.1, 0.15) is 46.1 Å². The Balaban J connectivity index is 2.27. The van der Waals surface area contributed by atoms with Gasteiger partial charge in [-0.15, -0.1) is 0 Å². The molecule has 1 saturated carbocycles. The zero-order chi connectivity index (χ0) is 15.6. The molecular weight excluding hydrogens is 258 g/mol. The summed E-state index contributed by atoms with van der Waals surface area (Å²) in [7, 11) is 0. The van der Waals surface area contributed by atoms with Crippen LogP contribution in [0.2, 0.25) is 0 Å². The number of nitrogens with two attached hydrogens (primary N) is 1. The fourth-order valence-electron chi connectivity index (χ4n) is 2.87. The van der Waals surface area contributed by atoms with Crippen molar-refractivity contribution in [3.05, 3.63) is 35.2 Å². The first-order chi connectivity index (χ1) is 9.88. The first-order valence-electron chi connectivity index (χ1n) is 7.91. The van der Waals surface area contributed by atoms with E-state index in [1.807, 2.05) is 6.07 Å². The van der Waals surface area contributed by atoms with Crippen LogP contribution in [0.15, 0.2) is 18.2 Å². The van der Waals surface area contributed by atoms with E-state index >= 15 is 0 Å². The average Bonchev–Trinajstić information content (AvgIpc) is 3.17. The van der Waals surface area contributed by atoms with Crippen molar-refractivity contribution in [2.24, 2.45) is 11.8 Å². The van der Waals surface area contributed by atoms with E-state index in [1.165, 1.54) is 0 Å². The number of benzene rings is 1. The molecule has 0 aromatic heterocycles. The first kappa shape index (κ1) is 15.7. The molecule has 0 aliphatic heterocycles. The molecule has 114 valence electrons. The monoisotopic (exact) mass is 285 g/mol. The minimum absolute atomic E-state index is 0.270. The van der Waals surface area contributed by atoms with Crippen molar-refractivity contribution in [2.45, 2.75) is 46.1 Å². The zero-order valence-corrected chi connectivity index (χ0v) is 13.7. The molecule has 3 nitrogen and oxygen atoms in total. The van der Waals surface area contributed by atoms with Crippen molar-refractivity contribution in [2.75, 3.05) is 23.7 Å². The molecule has 0 atom stereocenters. The largest absolute Gasteiger partial charge is 0.397 e. The van der Waals surface area contributed by atoms with Gasteiger partial charge in [0.2, 0.25) is 0 Å². The minimum Gasteiger partial charge on any atom is -0.397 e. The highest BCUT2D eigenvalue weighted by molar-refractivity contribution is 5.69. The highest BCUT2D eigenvalue weighted by atomic mass is 15.1.